The number of hydrogen-bond acceptors (Lipinski definition) is 8. The van der Waals surface area contributed by atoms with Crippen LogP contribution in [0.2, 0.25) is 0 Å². The van der Waals surface area contributed by atoms with Gasteiger partial charge in [-0.3, -0.25) is 15.5 Å². The third-order valence-corrected chi connectivity index (χ3v) is 3.07. The van der Waals surface area contributed by atoms with E-state index in [1.54, 1.807) is 5.38 Å². The highest BCUT2D eigenvalue weighted by Gasteiger charge is 2.34. The number of nitrogens with two attached hydrogens (primary N) is 1. The monoisotopic (exact) mass is 347 g/mol. The first-order valence-electron chi connectivity index (χ1n) is 5.79. The van der Waals surface area contributed by atoms with Gasteiger partial charge in [0, 0.05) is 17.0 Å². The van der Waals surface area contributed by atoms with Crippen molar-refractivity contribution in [2.24, 2.45) is 5.10 Å². The molecular weight excluding hydrogens is 339 g/mol. The SMILES string of the molecule is Nc1csc(NN=Cc2ccc(OC(F)(F)F)c([N+](=O)[O-])c2)n1. The number of nitrogens with zero attached hydrogens (tertiary/aromatic N) is 3. The molecule has 1 aromatic heterocycles. The molecule has 2 aromatic rings. The van der Waals surface area contributed by atoms with Gasteiger partial charge in [0.1, 0.15) is 5.82 Å². The minimum Gasteiger partial charge on any atom is -0.398 e. The fourth-order valence-corrected chi connectivity index (χ4v) is 2.02. The molecule has 0 bridgehead atoms. The highest BCUT2D eigenvalue weighted by atomic mass is 32.1. The van der Waals surface area contributed by atoms with Crippen molar-refractivity contribution in [3.8, 4) is 5.75 Å². The van der Waals surface area contributed by atoms with Crippen molar-refractivity contribution >= 4 is 34.2 Å². The van der Waals surface area contributed by atoms with E-state index in [0.717, 1.165) is 12.1 Å². The second kappa shape index (κ2) is 6.48. The number of hydrogen-bond donors (Lipinski definition) is 2. The third-order valence-electron chi connectivity index (χ3n) is 2.30. The summed E-state index contributed by atoms with van der Waals surface area (Å²) in [6, 6.07) is 2.94. The number of halogens is 3. The van der Waals surface area contributed by atoms with Crippen LogP contribution in [0.4, 0.5) is 29.8 Å². The summed E-state index contributed by atoms with van der Waals surface area (Å²) >= 11 is 1.19. The average Bonchev–Trinajstić information content (AvgIpc) is 2.84. The zero-order valence-electron chi connectivity index (χ0n) is 11.1. The van der Waals surface area contributed by atoms with Gasteiger partial charge in [-0.2, -0.15) is 5.10 Å². The van der Waals surface area contributed by atoms with Crippen LogP contribution in [0.3, 0.4) is 0 Å². The zero-order chi connectivity index (χ0) is 17.0. The molecule has 2 rings (SSSR count). The van der Waals surface area contributed by atoms with Crippen molar-refractivity contribution in [3.05, 3.63) is 39.3 Å². The Morgan fingerprint density at radius 1 is 1.48 bits per heavy atom. The number of nitro benzene ring substituents is 1. The predicted octanol–water partition coefficient (Wildman–Crippen LogP) is 2.98. The van der Waals surface area contributed by atoms with Crippen LogP contribution in [0, 0.1) is 10.1 Å². The fraction of sp³-hybridized carbons (Fsp3) is 0.0909. The number of anilines is 2. The van der Waals surface area contributed by atoms with Gasteiger partial charge in [-0.05, 0) is 12.1 Å². The lowest BCUT2D eigenvalue weighted by Crippen LogP contribution is -2.18. The molecule has 0 saturated heterocycles. The third kappa shape index (κ3) is 4.81. The van der Waals surface area contributed by atoms with Crippen LogP contribution in [0.25, 0.3) is 0 Å². The lowest BCUT2D eigenvalue weighted by Gasteiger charge is -2.09. The molecule has 0 aliphatic rings. The van der Waals surface area contributed by atoms with Crippen molar-refractivity contribution in [1.82, 2.24) is 4.98 Å². The Morgan fingerprint density at radius 3 is 2.78 bits per heavy atom. The molecule has 0 spiro atoms. The van der Waals surface area contributed by atoms with Crippen LogP contribution in [-0.4, -0.2) is 22.5 Å². The summed E-state index contributed by atoms with van der Waals surface area (Å²) in [6.07, 6.45) is -3.84. The smallest absolute Gasteiger partial charge is 0.398 e. The van der Waals surface area contributed by atoms with E-state index >= 15 is 0 Å². The number of nitro groups is 1. The van der Waals surface area contributed by atoms with Gasteiger partial charge in [0.15, 0.2) is 0 Å². The van der Waals surface area contributed by atoms with E-state index in [1.165, 1.54) is 23.6 Å². The number of benzene rings is 1. The number of alkyl halides is 3. The van der Waals surface area contributed by atoms with Gasteiger partial charge >= 0.3 is 12.0 Å². The second-order valence-corrected chi connectivity index (χ2v) is 4.84. The average molecular weight is 347 g/mol. The first-order chi connectivity index (χ1) is 10.7. The molecule has 0 saturated carbocycles. The number of ether oxygens (including phenoxy) is 1. The summed E-state index contributed by atoms with van der Waals surface area (Å²) < 4.78 is 40.1. The van der Waals surface area contributed by atoms with Gasteiger partial charge in [0.25, 0.3) is 0 Å². The number of aromatic nitrogens is 1. The Kier molecular flexibility index (Phi) is 4.64. The molecule has 0 unspecified atom stereocenters. The predicted molar refractivity (Wildman–Crippen MR) is 77.5 cm³/mol. The molecule has 23 heavy (non-hydrogen) atoms. The molecule has 1 aromatic carbocycles. The Morgan fingerprint density at radius 2 is 2.22 bits per heavy atom. The number of rotatable bonds is 5. The zero-order valence-corrected chi connectivity index (χ0v) is 11.9. The number of hydrazone groups is 1. The first-order valence-corrected chi connectivity index (χ1v) is 6.67. The van der Waals surface area contributed by atoms with Crippen molar-refractivity contribution < 1.29 is 22.8 Å². The fourth-order valence-electron chi connectivity index (χ4n) is 1.47. The van der Waals surface area contributed by atoms with Crippen molar-refractivity contribution in [3.63, 3.8) is 0 Å². The normalized spacial score (nSPS) is 11.6. The van der Waals surface area contributed by atoms with Crippen molar-refractivity contribution in [1.29, 1.82) is 0 Å². The standard InChI is InChI=1S/C11H8F3N5O3S/c12-11(13,14)22-8-2-1-6(3-7(8)19(20)21)4-16-18-10-17-9(15)5-23-10/h1-5H,15H2,(H,17,18). The Hall–Kier alpha value is -2.89. The van der Waals surface area contributed by atoms with Gasteiger partial charge in [0.05, 0.1) is 11.1 Å². The lowest BCUT2D eigenvalue weighted by molar-refractivity contribution is -0.388. The quantitative estimate of drug-likeness (QED) is 0.488. The summed E-state index contributed by atoms with van der Waals surface area (Å²) in [5, 5.41) is 16.6. The second-order valence-electron chi connectivity index (χ2n) is 3.98. The van der Waals surface area contributed by atoms with E-state index in [9.17, 15) is 23.3 Å². The van der Waals surface area contributed by atoms with Crippen LogP contribution in [0.15, 0.2) is 28.7 Å². The molecule has 122 valence electrons. The van der Waals surface area contributed by atoms with E-state index in [4.69, 9.17) is 5.73 Å². The van der Waals surface area contributed by atoms with Gasteiger partial charge in [0.2, 0.25) is 10.9 Å². The first kappa shape index (κ1) is 16.5. The van der Waals surface area contributed by atoms with Gasteiger partial charge in [-0.15, -0.1) is 24.5 Å². The van der Waals surface area contributed by atoms with Crippen LogP contribution in [0.1, 0.15) is 5.56 Å². The molecule has 0 amide bonds. The molecule has 8 nitrogen and oxygen atoms in total. The Bertz CT molecular complexity index is 747. The maximum atomic E-state index is 12.2. The number of thiazole rings is 1. The van der Waals surface area contributed by atoms with Gasteiger partial charge in [-0.1, -0.05) is 0 Å². The minimum absolute atomic E-state index is 0.197. The van der Waals surface area contributed by atoms with Crippen molar-refractivity contribution in [2.45, 2.75) is 6.36 Å². The maximum Gasteiger partial charge on any atom is 0.573 e. The number of nitrogen functional groups attached to an aromatic ring is 1. The maximum absolute atomic E-state index is 12.2. The van der Waals surface area contributed by atoms with Gasteiger partial charge < -0.3 is 10.5 Å². The molecule has 0 fully saturated rings. The largest absolute Gasteiger partial charge is 0.573 e. The summed E-state index contributed by atoms with van der Waals surface area (Å²) in [7, 11) is 0. The minimum atomic E-state index is -5.02. The topological polar surface area (TPSA) is 116 Å². The van der Waals surface area contributed by atoms with E-state index in [-0.39, 0.29) is 5.56 Å². The highest BCUT2D eigenvalue weighted by Crippen LogP contribution is 2.32. The van der Waals surface area contributed by atoms with E-state index in [1.807, 2.05) is 0 Å². The van der Waals surface area contributed by atoms with Crippen LogP contribution in [-0.2, 0) is 0 Å². The molecule has 0 aliphatic heterocycles. The lowest BCUT2D eigenvalue weighted by atomic mass is 10.2. The summed E-state index contributed by atoms with van der Waals surface area (Å²) in [4.78, 5) is 13.7. The van der Waals surface area contributed by atoms with Crippen LogP contribution < -0.4 is 15.9 Å². The summed E-state index contributed by atoms with van der Waals surface area (Å²) in [5.41, 5.74) is 7.31. The summed E-state index contributed by atoms with van der Waals surface area (Å²) in [5.74, 6) is -0.600. The number of nitrogens with one attached hydrogen (secondary N) is 1. The molecule has 0 aliphatic carbocycles. The van der Waals surface area contributed by atoms with Crippen LogP contribution in [0.5, 0.6) is 5.75 Å². The van der Waals surface area contributed by atoms with Crippen LogP contribution >= 0.6 is 11.3 Å². The molecule has 12 heteroatoms. The Balaban J connectivity index is 2.17. The molecular formula is C11H8F3N5O3S. The molecule has 0 atom stereocenters. The van der Waals surface area contributed by atoms with E-state index < -0.39 is 22.7 Å². The van der Waals surface area contributed by atoms with Crippen molar-refractivity contribution in [2.75, 3.05) is 11.2 Å². The van der Waals surface area contributed by atoms with Gasteiger partial charge in [-0.25, -0.2) is 4.98 Å². The highest BCUT2D eigenvalue weighted by molar-refractivity contribution is 7.14. The van der Waals surface area contributed by atoms with E-state index in [0.29, 0.717) is 10.9 Å². The molecule has 0 radical (unpaired) electrons. The summed E-state index contributed by atoms with van der Waals surface area (Å²) in [6.45, 7) is 0. The van der Waals surface area contributed by atoms with E-state index in [2.05, 4.69) is 20.2 Å². The molecule has 3 N–H and O–H groups in total. The molecule has 1 heterocycles. The Labute approximate surface area is 130 Å².